The first kappa shape index (κ1) is 18.4. The number of carbonyl (C=O) groups excluding carboxylic acids is 1. The molecule has 1 saturated heterocycles. The molecule has 2 atom stereocenters. The topological polar surface area (TPSA) is 72.4 Å². The quantitative estimate of drug-likeness (QED) is 0.699. The van der Waals surface area contributed by atoms with Crippen LogP contribution in [-0.2, 0) is 11.2 Å². The van der Waals surface area contributed by atoms with Crippen molar-refractivity contribution in [3.63, 3.8) is 0 Å². The molecule has 4 N–H and O–H groups in total. The zero-order chi connectivity index (χ0) is 19.6. The van der Waals surface area contributed by atoms with Gasteiger partial charge >= 0.3 is 0 Å². The van der Waals surface area contributed by atoms with Gasteiger partial charge in [0.05, 0.1) is 17.6 Å². The summed E-state index contributed by atoms with van der Waals surface area (Å²) in [7, 11) is 0. The van der Waals surface area contributed by atoms with E-state index < -0.39 is 11.6 Å². The molecule has 0 saturated carbocycles. The summed E-state index contributed by atoms with van der Waals surface area (Å²) < 4.78 is 0. The molecule has 4 heteroatoms. The zero-order valence-corrected chi connectivity index (χ0v) is 15.7. The lowest BCUT2D eigenvalue weighted by atomic mass is 9.69. The van der Waals surface area contributed by atoms with Crippen LogP contribution in [0.15, 0.2) is 91.0 Å². The van der Waals surface area contributed by atoms with E-state index in [0.717, 1.165) is 16.7 Å². The van der Waals surface area contributed by atoms with Gasteiger partial charge < -0.3 is 11.5 Å². The molecule has 0 bridgehead atoms. The first-order valence-electron chi connectivity index (χ1n) is 9.57. The second-order valence-corrected chi connectivity index (χ2v) is 7.52. The highest BCUT2D eigenvalue weighted by molar-refractivity contribution is 5.83. The molecule has 0 spiro atoms. The molecule has 4 nitrogen and oxygen atoms in total. The van der Waals surface area contributed by atoms with Crippen molar-refractivity contribution < 1.29 is 4.79 Å². The molecule has 4 rings (SSSR count). The summed E-state index contributed by atoms with van der Waals surface area (Å²) in [4.78, 5) is 14.7. The maximum absolute atomic E-state index is 12.5. The molecule has 1 aliphatic heterocycles. The molecule has 1 fully saturated rings. The average molecular weight is 371 g/mol. The predicted molar refractivity (Wildman–Crippen MR) is 111 cm³/mol. The van der Waals surface area contributed by atoms with Crippen LogP contribution in [0.3, 0.4) is 0 Å². The Hall–Kier alpha value is -2.95. The third-order valence-corrected chi connectivity index (χ3v) is 5.80. The predicted octanol–water partition coefficient (Wildman–Crippen LogP) is 3.09. The molecule has 2 unspecified atom stereocenters. The third-order valence-electron chi connectivity index (χ3n) is 5.80. The van der Waals surface area contributed by atoms with Crippen LogP contribution < -0.4 is 11.5 Å². The number of benzene rings is 3. The Morgan fingerprint density at radius 2 is 1.36 bits per heavy atom. The minimum Gasteiger partial charge on any atom is -0.369 e. The maximum Gasteiger partial charge on any atom is 0.228 e. The molecule has 1 heterocycles. The van der Waals surface area contributed by atoms with Crippen LogP contribution in [-0.4, -0.2) is 23.5 Å². The summed E-state index contributed by atoms with van der Waals surface area (Å²) in [5.41, 5.74) is 15.1. The van der Waals surface area contributed by atoms with E-state index in [1.54, 1.807) is 0 Å². The first-order valence-corrected chi connectivity index (χ1v) is 9.57. The number of rotatable bonds is 6. The lowest BCUT2D eigenvalue weighted by molar-refractivity contribution is -0.152. The monoisotopic (exact) mass is 371 g/mol. The second-order valence-electron chi connectivity index (χ2n) is 7.52. The minimum absolute atomic E-state index is 0.0133. The standard InChI is InChI=1S/C24H25N3O/c25-22-24(23(26)28,16-18-10-4-1-5-11-18)17-27(22)21(19-12-6-2-7-13-19)20-14-8-3-9-15-20/h1-15,21-22H,16-17,25H2,(H2,26,28). The molecule has 3 aromatic rings. The summed E-state index contributed by atoms with van der Waals surface area (Å²) in [5, 5.41) is 0. The van der Waals surface area contributed by atoms with E-state index in [1.807, 2.05) is 66.7 Å². The first-order chi connectivity index (χ1) is 13.6. The van der Waals surface area contributed by atoms with Crippen molar-refractivity contribution in [1.82, 2.24) is 4.90 Å². The Morgan fingerprint density at radius 1 is 0.893 bits per heavy atom. The normalized spacial score (nSPS) is 22.0. The van der Waals surface area contributed by atoms with E-state index in [-0.39, 0.29) is 11.9 Å². The highest BCUT2D eigenvalue weighted by Gasteiger charge is 2.57. The van der Waals surface area contributed by atoms with E-state index in [9.17, 15) is 4.79 Å². The van der Waals surface area contributed by atoms with Gasteiger partial charge in [-0.2, -0.15) is 0 Å². The molecule has 28 heavy (non-hydrogen) atoms. The van der Waals surface area contributed by atoms with Crippen molar-refractivity contribution in [2.45, 2.75) is 18.6 Å². The Bertz CT molecular complexity index is 890. The summed E-state index contributed by atoms with van der Waals surface area (Å²) >= 11 is 0. The van der Waals surface area contributed by atoms with Crippen LogP contribution in [0.5, 0.6) is 0 Å². The molecule has 3 aromatic carbocycles. The molecular formula is C24H25N3O. The van der Waals surface area contributed by atoms with E-state index in [1.165, 1.54) is 0 Å². The van der Waals surface area contributed by atoms with Crippen LogP contribution in [0.25, 0.3) is 0 Å². The average Bonchev–Trinajstić information content (AvgIpc) is 2.74. The SMILES string of the molecule is NC(=O)C1(Cc2ccccc2)CN(C(c2ccccc2)c2ccccc2)C1N. The van der Waals surface area contributed by atoms with Crippen molar-refractivity contribution in [1.29, 1.82) is 0 Å². The smallest absolute Gasteiger partial charge is 0.228 e. The lowest BCUT2D eigenvalue weighted by Crippen LogP contribution is -2.74. The van der Waals surface area contributed by atoms with Crippen LogP contribution in [0.2, 0.25) is 0 Å². The number of hydrogen-bond acceptors (Lipinski definition) is 3. The summed E-state index contributed by atoms with van der Waals surface area (Å²) in [6.45, 7) is 0.535. The lowest BCUT2D eigenvalue weighted by Gasteiger charge is -2.57. The minimum atomic E-state index is -0.761. The van der Waals surface area contributed by atoms with Gasteiger partial charge in [-0.3, -0.25) is 9.69 Å². The Kier molecular flexibility index (Phi) is 4.99. The molecule has 0 aliphatic carbocycles. The summed E-state index contributed by atoms with van der Waals surface area (Å²) in [6.07, 6.45) is 0.104. The fraction of sp³-hybridized carbons (Fsp3) is 0.208. The van der Waals surface area contributed by atoms with Crippen molar-refractivity contribution in [2.24, 2.45) is 16.9 Å². The highest BCUT2D eigenvalue weighted by Crippen LogP contribution is 2.45. The van der Waals surface area contributed by atoms with Crippen LogP contribution in [0, 0.1) is 5.41 Å². The van der Waals surface area contributed by atoms with Crippen molar-refractivity contribution in [3.05, 3.63) is 108 Å². The molecule has 0 aromatic heterocycles. The van der Waals surface area contributed by atoms with E-state index in [2.05, 4.69) is 29.2 Å². The van der Waals surface area contributed by atoms with Gasteiger partial charge in [0.15, 0.2) is 0 Å². The number of hydrogen-bond donors (Lipinski definition) is 2. The molecule has 142 valence electrons. The second kappa shape index (κ2) is 7.58. The fourth-order valence-electron chi connectivity index (χ4n) is 4.25. The Morgan fingerprint density at radius 3 is 1.79 bits per heavy atom. The van der Waals surface area contributed by atoms with Crippen molar-refractivity contribution >= 4 is 5.91 Å². The Labute approximate surface area is 165 Å². The van der Waals surface area contributed by atoms with Gasteiger partial charge in [0.25, 0.3) is 0 Å². The Balaban J connectivity index is 1.67. The van der Waals surface area contributed by atoms with Crippen molar-refractivity contribution in [3.8, 4) is 0 Å². The van der Waals surface area contributed by atoms with Gasteiger partial charge in [0.1, 0.15) is 0 Å². The number of nitrogens with zero attached hydrogens (tertiary/aromatic N) is 1. The van der Waals surface area contributed by atoms with Gasteiger partial charge in [-0.15, -0.1) is 0 Å². The molecule has 0 radical (unpaired) electrons. The summed E-state index contributed by atoms with van der Waals surface area (Å²) in [6, 6.07) is 30.5. The van der Waals surface area contributed by atoms with E-state index in [4.69, 9.17) is 11.5 Å². The van der Waals surface area contributed by atoms with Gasteiger partial charge in [-0.1, -0.05) is 91.0 Å². The highest BCUT2D eigenvalue weighted by atomic mass is 16.1. The molecular weight excluding hydrogens is 346 g/mol. The van der Waals surface area contributed by atoms with Crippen molar-refractivity contribution in [2.75, 3.05) is 6.54 Å². The summed E-state index contributed by atoms with van der Waals surface area (Å²) in [5.74, 6) is -0.333. The van der Waals surface area contributed by atoms with E-state index >= 15 is 0 Å². The number of carbonyl (C=O) groups is 1. The number of likely N-dealkylation sites (tertiary alicyclic amines) is 1. The van der Waals surface area contributed by atoms with E-state index in [0.29, 0.717) is 13.0 Å². The number of amides is 1. The zero-order valence-electron chi connectivity index (χ0n) is 15.7. The number of nitrogens with two attached hydrogens (primary N) is 2. The van der Waals surface area contributed by atoms with Gasteiger partial charge in [0, 0.05) is 6.54 Å². The van der Waals surface area contributed by atoms with Crippen LogP contribution in [0.1, 0.15) is 22.7 Å². The largest absolute Gasteiger partial charge is 0.369 e. The fourth-order valence-corrected chi connectivity index (χ4v) is 4.25. The maximum atomic E-state index is 12.5. The molecule has 1 aliphatic rings. The van der Waals surface area contributed by atoms with Gasteiger partial charge in [0.2, 0.25) is 5.91 Å². The van der Waals surface area contributed by atoms with Crippen LogP contribution >= 0.6 is 0 Å². The van der Waals surface area contributed by atoms with Gasteiger partial charge in [-0.25, -0.2) is 0 Å². The van der Waals surface area contributed by atoms with Crippen LogP contribution in [0.4, 0.5) is 0 Å². The number of primary amides is 1. The van der Waals surface area contributed by atoms with Gasteiger partial charge in [-0.05, 0) is 23.1 Å². The third kappa shape index (κ3) is 3.21. The molecule has 1 amide bonds.